The van der Waals surface area contributed by atoms with Crippen molar-refractivity contribution in [3.8, 4) is 5.75 Å². The van der Waals surface area contributed by atoms with Gasteiger partial charge in [-0.25, -0.2) is 0 Å². The fourth-order valence-corrected chi connectivity index (χ4v) is 2.23. The summed E-state index contributed by atoms with van der Waals surface area (Å²) in [5.41, 5.74) is 2.27. The van der Waals surface area contributed by atoms with E-state index in [1.165, 1.54) is 0 Å². The number of halogens is 1. The number of ether oxygens (including phenoxy) is 1. The van der Waals surface area contributed by atoms with Crippen LogP contribution in [0, 0.1) is 6.92 Å². The van der Waals surface area contributed by atoms with Crippen LogP contribution in [0.15, 0.2) is 48.5 Å². The van der Waals surface area contributed by atoms with Crippen molar-refractivity contribution in [3.63, 3.8) is 0 Å². The third kappa shape index (κ3) is 4.50. The summed E-state index contributed by atoms with van der Waals surface area (Å²) in [4.78, 5) is 12.3. The first-order valence-electron chi connectivity index (χ1n) is 7.34. The van der Waals surface area contributed by atoms with E-state index in [0.717, 1.165) is 11.1 Å². The van der Waals surface area contributed by atoms with Crippen molar-refractivity contribution >= 4 is 17.5 Å². The molecule has 4 heteroatoms. The Labute approximate surface area is 136 Å². The van der Waals surface area contributed by atoms with Crippen molar-refractivity contribution in [2.24, 2.45) is 0 Å². The zero-order valence-electron chi connectivity index (χ0n) is 12.8. The molecule has 2 aromatic carbocycles. The van der Waals surface area contributed by atoms with E-state index in [1.807, 2.05) is 38.1 Å². The Balaban J connectivity index is 1.94. The third-order valence-electron chi connectivity index (χ3n) is 3.47. The van der Waals surface area contributed by atoms with E-state index in [9.17, 15) is 4.79 Å². The van der Waals surface area contributed by atoms with Crippen molar-refractivity contribution < 1.29 is 9.53 Å². The first-order chi connectivity index (χ1) is 10.6. The molecule has 2 aromatic rings. The van der Waals surface area contributed by atoms with Crippen molar-refractivity contribution in [2.75, 3.05) is 0 Å². The molecule has 1 N–H and O–H groups in total. The lowest BCUT2D eigenvalue weighted by molar-refractivity contribution is -0.128. The van der Waals surface area contributed by atoms with Crippen LogP contribution in [0.1, 0.15) is 24.5 Å². The van der Waals surface area contributed by atoms with E-state index >= 15 is 0 Å². The van der Waals surface area contributed by atoms with Crippen LogP contribution in [-0.4, -0.2) is 12.0 Å². The fourth-order valence-electron chi connectivity index (χ4n) is 2.10. The second-order valence-corrected chi connectivity index (χ2v) is 5.55. The first kappa shape index (κ1) is 16.4. The maximum Gasteiger partial charge on any atom is 0.261 e. The molecule has 0 spiro atoms. The van der Waals surface area contributed by atoms with Gasteiger partial charge < -0.3 is 10.1 Å². The lowest BCUT2D eigenvalue weighted by Crippen LogP contribution is -2.37. The minimum atomic E-state index is -0.509. The SMILES string of the molecule is CCC(Oc1ccc(Cl)cc1)C(=O)NCc1ccccc1C. The van der Waals surface area contributed by atoms with Crippen LogP contribution in [0.25, 0.3) is 0 Å². The lowest BCUT2D eigenvalue weighted by atomic mass is 10.1. The summed E-state index contributed by atoms with van der Waals surface area (Å²) >= 11 is 5.84. The molecule has 22 heavy (non-hydrogen) atoms. The Kier molecular flexibility index (Phi) is 5.84. The van der Waals surface area contributed by atoms with Crippen LogP contribution in [0.3, 0.4) is 0 Å². The van der Waals surface area contributed by atoms with Crippen LogP contribution >= 0.6 is 11.6 Å². The van der Waals surface area contributed by atoms with Crippen molar-refractivity contribution in [1.29, 1.82) is 0 Å². The molecule has 1 unspecified atom stereocenters. The van der Waals surface area contributed by atoms with Gasteiger partial charge in [0, 0.05) is 11.6 Å². The molecule has 3 nitrogen and oxygen atoms in total. The summed E-state index contributed by atoms with van der Waals surface area (Å²) in [5, 5.41) is 3.58. The average Bonchev–Trinajstić information content (AvgIpc) is 2.53. The van der Waals surface area contributed by atoms with Gasteiger partial charge >= 0.3 is 0 Å². The van der Waals surface area contributed by atoms with Crippen molar-refractivity contribution in [1.82, 2.24) is 5.32 Å². The van der Waals surface area contributed by atoms with E-state index in [0.29, 0.717) is 23.7 Å². The number of amides is 1. The Morgan fingerprint density at radius 1 is 1.18 bits per heavy atom. The zero-order chi connectivity index (χ0) is 15.9. The van der Waals surface area contributed by atoms with Crippen LogP contribution in [0.5, 0.6) is 5.75 Å². The number of hydrogen-bond donors (Lipinski definition) is 1. The van der Waals surface area contributed by atoms with E-state index in [1.54, 1.807) is 24.3 Å². The van der Waals surface area contributed by atoms with Crippen LogP contribution in [-0.2, 0) is 11.3 Å². The van der Waals surface area contributed by atoms with E-state index in [2.05, 4.69) is 5.32 Å². The summed E-state index contributed by atoms with van der Waals surface area (Å²) in [6, 6.07) is 15.0. The zero-order valence-corrected chi connectivity index (χ0v) is 13.6. The molecule has 0 heterocycles. The van der Waals surface area contributed by atoms with Crippen LogP contribution in [0.4, 0.5) is 0 Å². The standard InChI is InChI=1S/C18H20ClNO2/c1-3-17(22-16-10-8-15(19)9-11-16)18(21)20-12-14-7-5-4-6-13(14)2/h4-11,17H,3,12H2,1-2H3,(H,20,21). The summed E-state index contributed by atoms with van der Waals surface area (Å²) in [7, 11) is 0. The first-order valence-corrected chi connectivity index (χ1v) is 7.72. The molecule has 0 bridgehead atoms. The van der Waals surface area contributed by atoms with Gasteiger partial charge in [0.15, 0.2) is 6.10 Å². The molecule has 0 fully saturated rings. The fraction of sp³-hybridized carbons (Fsp3) is 0.278. The van der Waals surface area contributed by atoms with Crippen molar-refractivity contribution in [3.05, 3.63) is 64.7 Å². The maximum absolute atomic E-state index is 12.3. The Morgan fingerprint density at radius 2 is 1.86 bits per heavy atom. The van der Waals surface area contributed by atoms with Gasteiger partial charge in [-0.05, 0) is 48.7 Å². The molecule has 0 aliphatic carbocycles. The summed E-state index contributed by atoms with van der Waals surface area (Å²) in [5.74, 6) is 0.531. The number of benzene rings is 2. The largest absolute Gasteiger partial charge is 0.481 e. The molecular formula is C18H20ClNO2. The predicted octanol–water partition coefficient (Wildman–Crippen LogP) is 4.12. The van der Waals surface area contributed by atoms with Gasteiger partial charge in [0.2, 0.25) is 0 Å². The van der Waals surface area contributed by atoms with Gasteiger partial charge in [-0.2, -0.15) is 0 Å². The maximum atomic E-state index is 12.3. The Morgan fingerprint density at radius 3 is 2.50 bits per heavy atom. The van der Waals surface area contributed by atoms with Gasteiger partial charge in [0.25, 0.3) is 5.91 Å². The van der Waals surface area contributed by atoms with Crippen LogP contribution in [0.2, 0.25) is 5.02 Å². The average molecular weight is 318 g/mol. The summed E-state index contributed by atoms with van der Waals surface area (Å²) < 4.78 is 5.73. The van der Waals surface area contributed by atoms with E-state index in [-0.39, 0.29) is 5.91 Å². The molecule has 0 aromatic heterocycles. The second kappa shape index (κ2) is 7.85. The van der Waals surface area contributed by atoms with Gasteiger partial charge in [-0.15, -0.1) is 0 Å². The number of aryl methyl sites for hydroxylation is 1. The second-order valence-electron chi connectivity index (χ2n) is 5.11. The number of rotatable bonds is 6. The third-order valence-corrected chi connectivity index (χ3v) is 3.72. The molecule has 0 aliphatic heterocycles. The highest BCUT2D eigenvalue weighted by Gasteiger charge is 2.18. The monoisotopic (exact) mass is 317 g/mol. The highest BCUT2D eigenvalue weighted by Crippen LogP contribution is 2.17. The number of carbonyl (C=O) groups is 1. The molecule has 0 saturated heterocycles. The van der Waals surface area contributed by atoms with E-state index in [4.69, 9.17) is 16.3 Å². The highest BCUT2D eigenvalue weighted by molar-refractivity contribution is 6.30. The van der Waals surface area contributed by atoms with Gasteiger partial charge in [-0.1, -0.05) is 42.8 Å². The minimum absolute atomic E-state index is 0.110. The summed E-state index contributed by atoms with van der Waals surface area (Å²) in [6.45, 7) is 4.46. The van der Waals surface area contributed by atoms with Crippen LogP contribution < -0.4 is 10.1 Å². The van der Waals surface area contributed by atoms with Gasteiger partial charge in [0.1, 0.15) is 5.75 Å². The molecule has 1 amide bonds. The quantitative estimate of drug-likeness (QED) is 0.870. The number of hydrogen-bond acceptors (Lipinski definition) is 2. The highest BCUT2D eigenvalue weighted by atomic mass is 35.5. The number of nitrogens with one attached hydrogen (secondary N) is 1. The lowest BCUT2D eigenvalue weighted by Gasteiger charge is -2.17. The topological polar surface area (TPSA) is 38.3 Å². The molecule has 0 radical (unpaired) electrons. The number of carbonyl (C=O) groups excluding carboxylic acids is 1. The predicted molar refractivity (Wildman–Crippen MR) is 89.2 cm³/mol. The normalized spacial score (nSPS) is 11.8. The molecule has 1 atom stereocenters. The van der Waals surface area contributed by atoms with E-state index < -0.39 is 6.10 Å². The van der Waals surface area contributed by atoms with Gasteiger partial charge in [-0.3, -0.25) is 4.79 Å². The molecule has 116 valence electrons. The summed E-state index contributed by atoms with van der Waals surface area (Å²) in [6.07, 6.45) is 0.0904. The Bertz CT molecular complexity index is 625. The minimum Gasteiger partial charge on any atom is -0.481 e. The molecular weight excluding hydrogens is 298 g/mol. The van der Waals surface area contributed by atoms with Crippen molar-refractivity contribution in [2.45, 2.75) is 32.9 Å². The smallest absolute Gasteiger partial charge is 0.261 e. The molecule has 2 rings (SSSR count). The Hall–Kier alpha value is -2.00. The molecule has 0 saturated carbocycles. The van der Waals surface area contributed by atoms with Gasteiger partial charge in [0.05, 0.1) is 0 Å². The molecule has 0 aliphatic rings.